The molecule has 0 aliphatic carbocycles. The van der Waals surface area contributed by atoms with Crippen LogP contribution >= 0.6 is 0 Å². The third-order valence-corrected chi connectivity index (χ3v) is 4.17. The summed E-state index contributed by atoms with van der Waals surface area (Å²) < 4.78 is 6.16. The minimum absolute atomic E-state index is 0.103. The van der Waals surface area contributed by atoms with E-state index in [1.165, 1.54) is 11.1 Å². The van der Waals surface area contributed by atoms with Crippen molar-refractivity contribution in [3.63, 3.8) is 0 Å². The van der Waals surface area contributed by atoms with Crippen molar-refractivity contribution in [1.82, 2.24) is 0 Å². The van der Waals surface area contributed by atoms with Gasteiger partial charge in [0.15, 0.2) is 0 Å². The zero-order valence-corrected chi connectivity index (χ0v) is 14.1. The van der Waals surface area contributed by atoms with Gasteiger partial charge in [0.1, 0.15) is 17.6 Å². The van der Waals surface area contributed by atoms with E-state index in [0.29, 0.717) is 5.92 Å². The zero-order chi connectivity index (χ0) is 16.4. The molecular formula is C20H25NO2. The molecule has 122 valence electrons. The van der Waals surface area contributed by atoms with Gasteiger partial charge in [-0.25, -0.2) is 0 Å². The van der Waals surface area contributed by atoms with Crippen molar-refractivity contribution in [2.24, 2.45) is 5.92 Å². The summed E-state index contributed by atoms with van der Waals surface area (Å²) in [6.45, 7) is 8.43. The van der Waals surface area contributed by atoms with Crippen LogP contribution in [0.15, 0.2) is 42.5 Å². The van der Waals surface area contributed by atoms with Gasteiger partial charge >= 0.3 is 0 Å². The van der Waals surface area contributed by atoms with Crippen molar-refractivity contribution in [2.75, 3.05) is 18.0 Å². The molecule has 1 heterocycles. The molecule has 2 aromatic carbocycles. The van der Waals surface area contributed by atoms with Gasteiger partial charge in [-0.1, -0.05) is 43.7 Å². The van der Waals surface area contributed by atoms with E-state index in [2.05, 4.69) is 49.9 Å². The number of nitrogens with zero attached hydrogens (tertiary/aromatic N) is 1. The second-order valence-corrected chi connectivity index (χ2v) is 6.88. The molecule has 0 aromatic heterocycles. The first-order chi connectivity index (χ1) is 11.0. The van der Waals surface area contributed by atoms with Crippen LogP contribution in [0.5, 0.6) is 11.5 Å². The van der Waals surface area contributed by atoms with Crippen LogP contribution in [0, 0.1) is 12.8 Å². The van der Waals surface area contributed by atoms with Gasteiger partial charge in [0.05, 0.1) is 12.2 Å². The number of aromatic hydroxyl groups is 1. The molecule has 0 radical (unpaired) electrons. The summed E-state index contributed by atoms with van der Waals surface area (Å²) in [5.74, 6) is 1.62. The van der Waals surface area contributed by atoms with E-state index in [1.54, 1.807) is 12.1 Å². The number of anilines is 1. The molecule has 0 bridgehead atoms. The summed E-state index contributed by atoms with van der Waals surface area (Å²) in [6, 6.07) is 14.0. The summed E-state index contributed by atoms with van der Waals surface area (Å²) in [7, 11) is 0. The molecule has 0 saturated carbocycles. The molecule has 0 amide bonds. The van der Waals surface area contributed by atoms with E-state index in [-0.39, 0.29) is 11.9 Å². The Hall–Kier alpha value is -2.16. The number of phenolic OH excluding ortho intramolecular Hbond substituents is 1. The molecular weight excluding hydrogens is 286 g/mol. The van der Waals surface area contributed by atoms with Crippen LogP contribution < -0.4 is 9.64 Å². The summed E-state index contributed by atoms with van der Waals surface area (Å²) in [5, 5.41) is 9.76. The third kappa shape index (κ3) is 3.79. The van der Waals surface area contributed by atoms with Crippen molar-refractivity contribution in [1.29, 1.82) is 0 Å². The highest BCUT2D eigenvalue weighted by Crippen LogP contribution is 2.37. The molecule has 1 aliphatic heterocycles. The molecule has 3 nitrogen and oxygen atoms in total. The summed E-state index contributed by atoms with van der Waals surface area (Å²) in [4.78, 5) is 2.38. The van der Waals surface area contributed by atoms with Crippen LogP contribution in [-0.4, -0.2) is 24.3 Å². The molecule has 23 heavy (non-hydrogen) atoms. The highest BCUT2D eigenvalue weighted by molar-refractivity contribution is 5.62. The van der Waals surface area contributed by atoms with E-state index in [9.17, 15) is 5.11 Å². The van der Waals surface area contributed by atoms with Crippen molar-refractivity contribution < 1.29 is 9.84 Å². The standard InChI is InChI=1S/C20H25NO2/c1-14(2)12-21-13-18(10-16-6-4-15(3)5-7-16)23-20-11-17(22)8-9-19(20)21/h4-9,11,14,18,22H,10,12-13H2,1-3H3. The predicted molar refractivity (Wildman–Crippen MR) is 94.5 cm³/mol. The number of hydrogen-bond acceptors (Lipinski definition) is 3. The fourth-order valence-corrected chi connectivity index (χ4v) is 3.13. The third-order valence-electron chi connectivity index (χ3n) is 4.17. The molecule has 0 saturated heterocycles. The molecule has 0 spiro atoms. The van der Waals surface area contributed by atoms with Crippen molar-refractivity contribution in [3.8, 4) is 11.5 Å². The Morgan fingerprint density at radius 1 is 1.17 bits per heavy atom. The van der Waals surface area contributed by atoms with Gasteiger partial charge in [-0.2, -0.15) is 0 Å². The van der Waals surface area contributed by atoms with Crippen LogP contribution in [0.25, 0.3) is 0 Å². The van der Waals surface area contributed by atoms with E-state index >= 15 is 0 Å². The molecule has 1 aliphatic rings. The lowest BCUT2D eigenvalue weighted by molar-refractivity contribution is 0.191. The topological polar surface area (TPSA) is 32.7 Å². The number of phenols is 1. The molecule has 3 heteroatoms. The highest BCUT2D eigenvalue weighted by atomic mass is 16.5. The van der Waals surface area contributed by atoms with Crippen molar-refractivity contribution >= 4 is 5.69 Å². The largest absolute Gasteiger partial charge is 0.508 e. The molecule has 2 aromatic rings. The Morgan fingerprint density at radius 2 is 1.91 bits per heavy atom. The van der Waals surface area contributed by atoms with E-state index in [0.717, 1.165) is 30.9 Å². The quantitative estimate of drug-likeness (QED) is 0.920. The number of rotatable bonds is 4. The van der Waals surface area contributed by atoms with Gasteiger partial charge in [-0.15, -0.1) is 0 Å². The second kappa shape index (κ2) is 6.53. The van der Waals surface area contributed by atoms with Crippen molar-refractivity contribution in [3.05, 3.63) is 53.6 Å². The number of hydrogen-bond donors (Lipinski definition) is 1. The van der Waals surface area contributed by atoms with Gasteiger partial charge in [0.25, 0.3) is 0 Å². The monoisotopic (exact) mass is 311 g/mol. The van der Waals surface area contributed by atoms with Gasteiger partial charge < -0.3 is 14.7 Å². The van der Waals surface area contributed by atoms with E-state index in [1.807, 2.05) is 6.07 Å². The van der Waals surface area contributed by atoms with Crippen molar-refractivity contribution in [2.45, 2.75) is 33.3 Å². The molecule has 1 atom stereocenters. The maximum Gasteiger partial charge on any atom is 0.146 e. The Labute approximate surface area is 138 Å². The van der Waals surface area contributed by atoms with Gasteiger partial charge in [-0.3, -0.25) is 0 Å². The predicted octanol–water partition coefficient (Wildman–Crippen LogP) is 4.17. The van der Waals surface area contributed by atoms with Crippen LogP contribution in [0.2, 0.25) is 0 Å². The number of benzene rings is 2. The number of ether oxygens (including phenoxy) is 1. The Balaban J connectivity index is 1.82. The lowest BCUT2D eigenvalue weighted by Crippen LogP contribution is -2.42. The molecule has 1 N–H and O–H groups in total. The summed E-state index contributed by atoms with van der Waals surface area (Å²) in [6.07, 6.45) is 0.981. The summed E-state index contributed by atoms with van der Waals surface area (Å²) >= 11 is 0. The maximum atomic E-state index is 9.76. The first-order valence-corrected chi connectivity index (χ1v) is 8.31. The van der Waals surface area contributed by atoms with Gasteiger partial charge in [0.2, 0.25) is 0 Å². The van der Waals surface area contributed by atoms with Crippen LogP contribution in [0.3, 0.4) is 0 Å². The molecule has 0 fully saturated rings. The lowest BCUT2D eigenvalue weighted by atomic mass is 10.0. The first kappa shape index (κ1) is 15.7. The van der Waals surface area contributed by atoms with Crippen LogP contribution in [-0.2, 0) is 6.42 Å². The highest BCUT2D eigenvalue weighted by Gasteiger charge is 2.26. The maximum absolute atomic E-state index is 9.76. The molecule has 3 rings (SSSR count). The Kier molecular flexibility index (Phi) is 4.46. The smallest absolute Gasteiger partial charge is 0.146 e. The second-order valence-electron chi connectivity index (χ2n) is 6.88. The summed E-state index contributed by atoms with van der Waals surface area (Å²) in [5.41, 5.74) is 3.64. The normalized spacial score (nSPS) is 17.0. The number of fused-ring (bicyclic) bond motifs is 1. The number of aryl methyl sites for hydroxylation is 1. The lowest BCUT2D eigenvalue weighted by Gasteiger charge is -2.37. The minimum atomic E-state index is 0.103. The van der Waals surface area contributed by atoms with Gasteiger partial charge in [0, 0.05) is 19.0 Å². The van der Waals surface area contributed by atoms with E-state index in [4.69, 9.17) is 4.74 Å². The van der Waals surface area contributed by atoms with Crippen LogP contribution in [0.1, 0.15) is 25.0 Å². The average molecular weight is 311 g/mol. The Morgan fingerprint density at radius 3 is 2.61 bits per heavy atom. The molecule has 1 unspecified atom stereocenters. The Bertz CT molecular complexity index is 664. The van der Waals surface area contributed by atoms with Gasteiger partial charge in [-0.05, 0) is 30.5 Å². The zero-order valence-electron chi connectivity index (χ0n) is 14.1. The first-order valence-electron chi connectivity index (χ1n) is 8.31. The fourth-order valence-electron chi connectivity index (χ4n) is 3.13. The average Bonchev–Trinajstić information content (AvgIpc) is 2.48. The van der Waals surface area contributed by atoms with Crippen LogP contribution in [0.4, 0.5) is 5.69 Å². The minimum Gasteiger partial charge on any atom is -0.508 e. The SMILES string of the molecule is Cc1ccc(CC2CN(CC(C)C)c3ccc(O)cc3O2)cc1. The fraction of sp³-hybridized carbons (Fsp3) is 0.400. The van der Waals surface area contributed by atoms with E-state index < -0.39 is 0 Å².